The van der Waals surface area contributed by atoms with Gasteiger partial charge in [-0.1, -0.05) is 43.5 Å². The molecule has 2 rings (SSSR count). The highest BCUT2D eigenvalue weighted by Crippen LogP contribution is 2.37. The quantitative estimate of drug-likeness (QED) is 0.832. The Labute approximate surface area is 126 Å². The molecular weight excluding hydrogens is 273 g/mol. The van der Waals surface area contributed by atoms with Crippen LogP contribution in [0.5, 0.6) is 0 Å². The van der Waals surface area contributed by atoms with Crippen molar-refractivity contribution in [2.24, 2.45) is 17.8 Å². The van der Waals surface area contributed by atoms with Crippen molar-refractivity contribution in [1.29, 1.82) is 0 Å². The molecule has 0 spiro atoms. The van der Waals surface area contributed by atoms with Gasteiger partial charge in [-0.05, 0) is 62.2 Å². The lowest BCUT2D eigenvalue weighted by Gasteiger charge is -2.36. The maximum Gasteiger partial charge on any atom is 0.144 e. The number of hydrogen-bond acceptors (Lipinski definition) is 1. The zero-order chi connectivity index (χ0) is 14.5. The molecule has 1 saturated carbocycles. The number of rotatable bonds is 5. The first-order valence-electron chi connectivity index (χ1n) is 7.73. The van der Waals surface area contributed by atoms with Crippen molar-refractivity contribution in [3.63, 3.8) is 0 Å². The normalized spacial score (nSPS) is 26.7. The van der Waals surface area contributed by atoms with Crippen LogP contribution in [0.4, 0.5) is 4.39 Å². The third-order valence-corrected chi connectivity index (χ3v) is 5.10. The number of hydrogen-bond donors (Lipinski definition) is 1. The van der Waals surface area contributed by atoms with Gasteiger partial charge < -0.3 is 5.32 Å². The zero-order valence-corrected chi connectivity index (χ0v) is 13.2. The first-order valence-corrected chi connectivity index (χ1v) is 8.11. The van der Waals surface area contributed by atoms with Crippen molar-refractivity contribution in [3.8, 4) is 0 Å². The highest BCUT2D eigenvalue weighted by atomic mass is 35.5. The Morgan fingerprint density at radius 1 is 1.30 bits per heavy atom. The van der Waals surface area contributed by atoms with Crippen LogP contribution in [0.15, 0.2) is 18.2 Å². The van der Waals surface area contributed by atoms with Crippen LogP contribution in [0.1, 0.15) is 38.2 Å². The fourth-order valence-electron chi connectivity index (χ4n) is 3.56. The van der Waals surface area contributed by atoms with E-state index in [1.807, 2.05) is 19.2 Å². The van der Waals surface area contributed by atoms with Crippen LogP contribution in [-0.2, 0) is 6.42 Å². The van der Waals surface area contributed by atoms with E-state index in [4.69, 9.17) is 11.6 Å². The molecule has 1 N–H and O–H groups in total. The van der Waals surface area contributed by atoms with Gasteiger partial charge in [-0.2, -0.15) is 0 Å². The molecule has 20 heavy (non-hydrogen) atoms. The van der Waals surface area contributed by atoms with Crippen LogP contribution >= 0.6 is 11.6 Å². The Morgan fingerprint density at radius 2 is 2.10 bits per heavy atom. The fraction of sp³-hybridized carbons (Fsp3) is 0.647. The molecule has 1 nitrogen and oxygen atoms in total. The minimum Gasteiger partial charge on any atom is -0.319 e. The van der Waals surface area contributed by atoms with Crippen molar-refractivity contribution in [2.75, 3.05) is 13.6 Å². The minimum atomic E-state index is -0.226. The standard InChI is InChI=1S/C17H25ClFN/c1-3-12-7-8-14(11-20-2)15(9-12)10-13-5-4-6-16(18)17(13)19/h4-6,12,14-15,20H,3,7-11H2,1-2H3. The summed E-state index contributed by atoms with van der Waals surface area (Å²) in [5.74, 6) is 1.79. The predicted octanol–water partition coefficient (Wildman–Crippen LogP) is 4.68. The molecule has 1 aliphatic carbocycles. The number of nitrogens with one attached hydrogen (secondary N) is 1. The van der Waals surface area contributed by atoms with Gasteiger partial charge >= 0.3 is 0 Å². The molecule has 0 aliphatic heterocycles. The van der Waals surface area contributed by atoms with E-state index in [0.29, 0.717) is 11.8 Å². The molecular formula is C17H25ClFN. The molecule has 1 aliphatic rings. The third-order valence-electron chi connectivity index (χ3n) is 4.81. The Morgan fingerprint density at radius 3 is 2.80 bits per heavy atom. The summed E-state index contributed by atoms with van der Waals surface area (Å²) >= 11 is 5.90. The van der Waals surface area contributed by atoms with Crippen LogP contribution in [0.3, 0.4) is 0 Å². The maximum absolute atomic E-state index is 14.1. The van der Waals surface area contributed by atoms with E-state index >= 15 is 0 Å². The molecule has 0 radical (unpaired) electrons. The first kappa shape index (κ1) is 15.8. The largest absolute Gasteiger partial charge is 0.319 e. The molecule has 0 saturated heterocycles. The lowest BCUT2D eigenvalue weighted by atomic mass is 9.71. The topological polar surface area (TPSA) is 12.0 Å². The summed E-state index contributed by atoms with van der Waals surface area (Å²) in [6, 6.07) is 5.36. The summed E-state index contributed by atoms with van der Waals surface area (Å²) in [6.45, 7) is 3.30. The van der Waals surface area contributed by atoms with Gasteiger partial charge in [-0.15, -0.1) is 0 Å². The van der Waals surface area contributed by atoms with E-state index in [2.05, 4.69) is 12.2 Å². The highest BCUT2D eigenvalue weighted by Gasteiger charge is 2.30. The SMILES string of the molecule is CCC1CCC(CNC)C(Cc2cccc(Cl)c2F)C1. The van der Waals surface area contributed by atoms with Crippen LogP contribution in [0.25, 0.3) is 0 Å². The van der Waals surface area contributed by atoms with Gasteiger partial charge in [0.2, 0.25) is 0 Å². The van der Waals surface area contributed by atoms with E-state index in [1.54, 1.807) is 6.07 Å². The van der Waals surface area contributed by atoms with Gasteiger partial charge in [0.15, 0.2) is 0 Å². The summed E-state index contributed by atoms with van der Waals surface area (Å²) < 4.78 is 14.1. The van der Waals surface area contributed by atoms with E-state index in [1.165, 1.54) is 25.7 Å². The summed E-state index contributed by atoms with van der Waals surface area (Å²) in [5, 5.41) is 3.54. The van der Waals surface area contributed by atoms with Crippen LogP contribution in [0.2, 0.25) is 5.02 Å². The number of benzene rings is 1. The fourth-order valence-corrected chi connectivity index (χ4v) is 3.76. The molecule has 3 heteroatoms. The molecule has 112 valence electrons. The van der Waals surface area contributed by atoms with Gasteiger partial charge in [0.1, 0.15) is 5.82 Å². The second-order valence-electron chi connectivity index (χ2n) is 6.08. The Hall–Kier alpha value is -0.600. The van der Waals surface area contributed by atoms with Gasteiger partial charge in [0, 0.05) is 0 Å². The highest BCUT2D eigenvalue weighted by molar-refractivity contribution is 6.30. The molecule has 1 fully saturated rings. The molecule has 0 amide bonds. The van der Waals surface area contributed by atoms with E-state index in [0.717, 1.165) is 24.4 Å². The molecule has 0 heterocycles. The molecule has 0 bridgehead atoms. The monoisotopic (exact) mass is 297 g/mol. The van der Waals surface area contributed by atoms with E-state index in [-0.39, 0.29) is 10.8 Å². The maximum atomic E-state index is 14.1. The number of halogens is 2. The molecule has 3 unspecified atom stereocenters. The smallest absolute Gasteiger partial charge is 0.144 e. The second-order valence-corrected chi connectivity index (χ2v) is 6.49. The third kappa shape index (κ3) is 3.73. The van der Waals surface area contributed by atoms with Crippen LogP contribution < -0.4 is 5.32 Å². The van der Waals surface area contributed by atoms with E-state index in [9.17, 15) is 4.39 Å². The lowest BCUT2D eigenvalue weighted by molar-refractivity contribution is 0.172. The van der Waals surface area contributed by atoms with E-state index < -0.39 is 0 Å². The molecule has 1 aromatic rings. The van der Waals surface area contributed by atoms with Crippen molar-refractivity contribution in [3.05, 3.63) is 34.6 Å². The summed E-state index contributed by atoms with van der Waals surface area (Å²) in [7, 11) is 2.00. The van der Waals surface area contributed by atoms with Crippen molar-refractivity contribution < 1.29 is 4.39 Å². The summed E-state index contributed by atoms with van der Waals surface area (Å²) in [6.07, 6.45) is 5.84. The Bertz CT molecular complexity index is 435. The Kier molecular flexibility index (Phi) is 5.86. The second kappa shape index (κ2) is 7.42. The average Bonchev–Trinajstić information content (AvgIpc) is 2.46. The van der Waals surface area contributed by atoms with Crippen LogP contribution in [-0.4, -0.2) is 13.6 Å². The molecule has 0 aromatic heterocycles. The van der Waals surface area contributed by atoms with Gasteiger partial charge in [0.05, 0.1) is 5.02 Å². The van der Waals surface area contributed by atoms with Crippen molar-refractivity contribution in [2.45, 2.75) is 39.0 Å². The first-order chi connectivity index (χ1) is 9.65. The summed E-state index contributed by atoms with van der Waals surface area (Å²) in [4.78, 5) is 0. The van der Waals surface area contributed by atoms with Gasteiger partial charge in [-0.25, -0.2) is 4.39 Å². The molecule has 3 atom stereocenters. The average molecular weight is 298 g/mol. The minimum absolute atomic E-state index is 0.226. The van der Waals surface area contributed by atoms with Crippen LogP contribution in [0, 0.1) is 23.6 Å². The zero-order valence-electron chi connectivity index (χ0n) is 12.5. The van der Waals surface area contributed by atoms with Crippen molar-refractivity contribution >= 4 is 11.6 Å². The molecule has 1 aromatic carbocycles. The van der Waals surface area contributed by atoms with Crippen molar-refractivity contribution in [1.82, 2.24) is 5.32 Å². The van der Waals surface area contributed by atoms with Gasteiger partial charge in [0.25, 0.3) is 0 Å². The Balaban J connectivity index is 2.12. The lowest BCUT2D eigenvalue weighted by Crippen LogP contribution is -2.33. The summed E-state index contributed by atoms with van der Waals surface area (Å²) in [5.41, 5.74) is 0.778. The predicted molar refractivity (Wildman–Crippen MR) is 83.7 cm³/mol. The van der Waals surface area contributed by atoms with Gasteiger partial charge in [-0.3, -0.25) is 0 Å².